The lowest BCUT2D eigenvalue weighted by molar-refractivity contribution is 0.280. The smallest absolute Gasteiger partial charge is 0.194 e. The van der Waals surface area contributed by atoms with E-state index in [-0.39, 0.29) is 6.61 Å². The highest BCUT2D eigenvalue weighted by Gasteiger charge is 2.18. The molecule has 1 aromatic carbocycles. The molecule has 5 nitrogen and oxygen atoms in total. The van der Waals surface area contributed by atoms with Crippen molar-refractivity contribution in [1.82, 2.24) is 19.1 Å². The summed E-state index contributed by atoms with van der Waals surface area (Å²) in [5, 5.41) is 12.1. The Bertz CT molecular complexity index is 941. The van der Waals surface area contributed by atoms with E-state index in [0.717, 1.165) is 27.8 Å². The van der Waals surface area contributed by atoms with Crippen LogP contribution in [0.15, 0.2) is 66.6 Å². The van der Waals surface area contributed by atoms with Crippen LogP contribution >= 0.6 is 11.3 Å². The molecule has 0 atom stereocenters. The van der Waals surface area contributed by atoms with Crippen LogP contribution in [0.4, 0.5) is 0 Å². The molecule has 0 radical (unpaired) electrons. The van der Waals surface area contributed by atoms with E-state index in [1.54, 1.807) is 11.3 Å². The van der Waals surface area contributed by atoms with Gasteiger partial charge in [-0.05, 0) is 18.6 Å². The highest BCUT2D eigenvalue weighted by Crippen LogP contribution is 2.33. The van der Waals surface area contributed by atoms with Gasteiger partial charge >= 0.3 is 0 Å². The second-order valence-electron chi connectivity index (χ2n) is 5.66. The van der Waals surface area contributed by atoms with Gasteiger partial charge in [0.05, 0.1) is 23.4 Å². The van der Waals surface area contributed by atoms with E-state index in [1.165, 1.54) is 0 Å². The molecule has 6 heteroatoms. The van der Waals surface area contributed by atoms with E-state index in [0.29, 0.717) is 13.0 Å². The van der Waals surface area contributed by atoms with E-state index in [2.05, 4.69) is 37.3 Å². The lowest BCUT2D eigenvalue weighted by Gasteiger charge is -2.12. The number of nitrogens with zero attached hydrogens (tertiary/aromatic N) is 4. The first kappa shape index (κ1) is 15.8. The number of thiazole rings is 1. The zero-order valence-corrected chi connectivity index (χ0v) is 14.4. The summed E-state index contributed by atoms with van der Waals surface area (Å²) in [4.78, 5) is 9.10. The Hall–Kier alpha value is -2.70. The largest absolute Gasteiger partial charge is 0.396 e. The van der Waals surface area contributed by atoms with Crippen LogP contribution in [0, 0.1) is 0 Å². The molecule has 0 aliphatic rings. The molecule has 0 bridgehead atoms. The van der Waals surface area contributed by atoms with Crippen LogP contribution in [0.3, 0.4) is 0 Å². The monoisotopic (exact) mass is 350 g/mol. The molecule has 4 rings (SSSR count). The van der Waals surface area contributed by atoms with Gasteiger partial charge < -0.3 is 9.67 Å². The van der Waals surface area contributed by atoms with Gasteiger partial charge in [0.25, 0.3) is 0 Å². The fourth-order valence-corrected chi connectivity index (χ4v) is 3.58. The minimum atomic E-state index is 0.159. The SMILES string of the molecule is OCCCn1cnc(-c2ccccc2)c1-c1cccn1-c1nccs1. The van der Waals surface area contributed by atoms with Gasteiger partial charge in [0.15, 0.2) is 5.13 Å². The molecule has 126 valence electrons. The van der Waals surface area contributed by atoms with Crippen LogP contribution in [-0.4, -0.2) is 30.8 Å². The molecule has 4 aromatic rings. The molecule has 0 aliphatic carbocycles. The topological polar surface area (TPSA) is 55.9 Å². The fraction of sp³-hybridized carbons (Fsp3) is 0.158. The average molecular weight is 350 g/mol. The number of aromatic nitrogens is 4. The van der Waals surface area contributed by atoms with Crippen molar-refractivity contribution in [2.24, 2.45) is 0 Å². The zero-order valence-electron chi connectivity index (χ0n) is 13.6. The molecule has 0 saturated carbocycles. The average Bonchev–Trinajstić information content (AvgIpc) is 3.39. The summed E-state index contributed by atoms with van der Waals surface area (Å²) in [6.45, 7) is 0.875. The first-order chi connectivity index (χ1) is 12.4. The molecule has 3 aromatic heterocycles. The number of rotatable bonds is 6. The van der Waals surface area contributed by atoms with Crippen molar-refractivity contribution in [2.75, 3.05) is 6.61 Å². The van der Waals surface area contributed by atoms with Gasteiger partial charge in [0.1, 0.15) is 0 Å². The molecular formula is C19H18N4OS. The van der Waals surface area contributed by atoms with Gasteiger partial charge in [-0.2, -0.15) is 0 Å². The normalized spacial score (nSPS) is 11.1. The number of hydrogen-bond donors (Lipinski definition) is 1. The van der Waals surface area contributed by atoms with Gasteiger partial charge in [0, 0.05) is 36.5 Å². The highest BCUT2D eigenvalue weighted by molar-refractivity contribution is 7.12. The van der Waals surface area contributed by atoms with Crippen molar-refractivity contribution in [3.05, 3.63) is 66.6 Å². The molecule has 0 saturated heterocycles. The molecule has 0 aliphatic heterocycles. The molecule has 0 fully saturated rings. The Kier molecular flexibility index (Phi) is 4.45. The standard InChI is InChI=1S/C19H18N4OS/c24-12-5-10-22-14-21-17(15-6-2-1-3-7-15)18(22)16-8-4-11-23(16)19-20-9-13-25-19/h1-4,6-9,11,13-14,24H,5,10,12H2. The van der Waals surface area contributed by atoms with Crippen LogP contribution in [0.1, 0.15) is 6.42 Å². The highest BCUT2D eigenvalue weighted by atomic mass is 32.1. The number of aliphatic hydroxyl groups is 1. The third kappa shape index (κ3) is 3.01. The summed E-state index contributed by atoms with van der Waals surface area (Å²) in [5.41, 5.74) is 4.10. The molecule has 3 heterocycles. The Morgan fingerprint density at radius 3 is 2.68 bits per heavy atom. The van der Waals surface area contributed by atoms with Crippen molar-refractivity contribution in [2.45, 2.75) is 13.0 Å². The van der Waals surface area contributed by atoms with Crippen LogP contribution in [0.5, 0.6) is 0 Å². The van der Waals surface area contributed by atoms with E-state index in [4.69, 9.17) is 0 Å². The summed E-state index contributed by atoms with van der Waals surface area (Å²) in [5.74, 6) is 0. The molecule has 1 N–H and O–H groups in total. The fourth-order valence-electron chi connectivity index (χ4n) is 2.94. The van der Waals surface area contributed by atoms with E-state index >= 15 is 0 Å². The molecule has 0 unspecified atom stereocenters. The van der Waals surface area contributed by atoms with Crippen LogP contribution in [0.2, 0.25) is 0 Å². The number of hydrogen-bond acceptors (Lipinski definition) is 4. The van der Waals surface area contributed by atoms with Crippen molar-refractivity contribution < 1.29 is 5.11 Å². The van der Waals surface area contributed by atoms with E-state index in [1.807, 2.05) is 48.4 Å². The second-order valence-corrected chi connectivity index (χ2v) is 6.53. The first-order valence-electron chi connectivity index (χ1n) is 8.17. The summed E-state index contributed by atoms with van der Waals surface area (Å²) >= 11 is 1.60. The minimum Gasteiger partial charge on any atom is -0.396 e. The lowest BCUT2D eigenvalue weighted by Crippen LogP contribution is -2.04. The molecule has 0 spiro atoms. The Balaban J connectivity index is 1.88. The maximum atomic E-state index is 9.23. The summed E-state index contributed by atoms with van der Waals surface area (Å²) in [7, 11) is 0. The van der Waals surface area contributed by atoms with E-state index in [9.17, 15) is 5.11 Å². The molecule has 25 heavy (non-hydrogen) atoms. The van der Waals surface area contributed by atoms with Crippen molar-refractivity contribution >= 4 is 11.3 Å². The van der Waals surface area contributed by atoms with Crippen molar-refractivity contribution in [3.63, 3.8) is 0 Å². The lowest BCUT2D eigenvalue weighted by atomic mass is 10.1. The summed E-state index contributed by atoms with van der Waals surface area (Å²) in [6.07, 6.45) is 6.37. The zero-order chi connectivity index (χ0) is 17.1. The van der Waals surface area contributed by atoms with E-state index < -0.39 is 0 Å². The van der Waals surface area contributed by atoms with Gasteiger partial charge in [0.2, 0.25) is 0 Å². The Labute approximate surface area is 149 Å². The predicted molar refractivity (Wildman–Crippen MR) is 99.8 cm³/mol. The third-order valence-corrected chi connectivity index (χ3v) is 4.83. The maximum Gasteiger partial charge on any atom is 0.194 e. The number of aliphatic hydroxyl groups excluding tert-OH is 1. The van der Waals surface area contributed by atoms with Crippen LogP contribution < -0.4 is 0 Å². The minimum absolute atomic E-state index is 0.159. The van der Waals surface area contributed by atoms with Gasteiger partial charge in [-0.25, -0.2) is 9.97 Å². The second kappa shape index (κ2) is 7.04. The molecule has 0 amide bonds. The summed E-state index contributed by atoms with van der Waals surface area (Å²) in [6, 6.07) is 14.3. The molecular weight excluding hydrogens is 332 g/mol. The number of imidazole rings is 1. The summed E-state index contributed by atoms with van der Waals surface area (Å²) < 4.78 is 4.20. The number of benzene rings is 1. The quantitative estimate of drug-likeness (QED) is 0.575. The number of aryl methyl sites for hydroxylation is 1. The van der Waals surface area contributed by atoms with Crippen molar-refractivity contribution in [3.8, 4) is 27.8 Å². The van der Waals surface area contributed by atoms with Gasteiger partial charge in [-0.15, -0.1) is 11.3 Å². The Morgan fingerprint density at radius 2 is 1.92 bits per heavy atom. The van der Waals surface area contributed by atoms with Gasteiger partial charge in [-0.1, -0.05) is 30.3 Å². The third-order valence-electron chi connectivity index (χ3n) is 4.06. The van der Waals surface area contributed by atoms with Crippen LogP contribution in [0.25, 0.3) is 27.8 Å². The van der Waals surface area contributed by atoms with Crippen LogP contribution in [-0.2, 0) is 6.54 Å². The maximum absolute atomic E-state index is 9.23. The predicted octanol–water partition coefficient (Wildman–Crippen LogP) is 3.85. The Morgan fingerprint density at radius 1 is 1.04 bits per heavy atom. The van der Waals surface area contributed by atoms with Crippen molar-refractivity contribution in [1.29, 1.82) is 0 Å². The first-order valence-corrected chi connectivity index (χ1v) is 9.05. The van der Waals surface area contributed by atoms with Gasteiger partial charge in [-0.3, -0.25) is 4.57 Å².